The number of nitrogens with zero attached hydrogens (tertiary/aromatic N) is 2. The predicted molar refractivity (Wildman–Crippen MR) is 88.9 cm³/mol. The highest BCUT2D eigenvalue weighted by Crippen LogP contribution is 2.20. The lowest BCUT2D eigenvalue weighted by atomic mass is 9.97. The van der Waals surface area contributed by atoms with E-state index in [9.17, 15) is 18.0 Å². The molecular weight excluding hydrogens is 334 g/mol. The van der Waals surface area contributed by atoms with Gasteiger partial charge < -0.3 is 15.0 Å². The van der Waals surface area contributed by atoms with Gasteiger partial charge in [-0.2, -0.15) is 0 Å². The average molecular weight is 361 g/mol. The first-order valence-electron chi connectivity index (χ1n) is 8.48. The zero-order valence-corrected chi connectivity index (χ0v) is 15.2. The van der Waals surface area contributed by atoms with Gasteiger partial charge in [-0.05, 0) is 32.6 Å². The van der Waals surface area contributed by atoms with Gasteiger partial charge in [0.1, 0.15) is 0 Å². The van der Waals surface area contributed by atoms with Crippen LogP contribution in [0, 0.1) is 5.92 Å². The highest BCUT2D eigenvalue weighted by molar-refractivity contribution is 7.88. The van der Waals surface area contributed by atoms with Gasteiger partial charge >= 0.3 is 6.09 Å². The second-order valence-electron chi connectivity index (χ2n) is 6.43. The number of nitrogens with one attached hydrogen (secondary N) is 1. The zero-order chi connectivity index (χ0) is 17.7. The largest absolute Gasteiger partial charge is 0.450 e. The van der Waals surface area contributed by atoms with E-state index < -0.39 is 10.0 Å². The Balaban J connectivity index is 1.80. The third kappa shape index (κ3) is 5.07. The van der Waals surface area contributed by atoms with Gasteiger partial charge in [0.05, 0.1) is 18.8 Å². The van der Waals surface area contributed by atoms with Crippen molar-refractivity contribution in [3.63, 3.8) is 0 Å². The molecule has 24 heavy (non-hydrogen) atoms. The summed E-state index contributed by atoms with van der Waals surface area (Å²) in [5.41, 5.74) is 0. The summed E-state index contributed by atoms with van der Waals surface area (Å²) >= 11 is 0. The van der Waals surface area contributed by atoms with E-state index in [1.54, 1.807) is 11.8 Å². The molecule has 9 heteroatoms. The van der Waals surface area contributed by atoms with Crippen LogP contribution in [0.1, 0.15) is 32.6 Å². The Morgan fingerprint density at radius 1 is 1.17 bits per heavy atom. The van der Waals surface area contributed by atoms with Gasteiger partial charge in [-0.15, -0.1) is 0 Å². The number of hydrogen-bond donors (Lipinski definition) is 1. The number of piperidine rings is 2. The summed E-state index contributed by atoms with van der Waals surface area (Å²) in [7, 11) is -3.25. The molecule has 8 nitrogen and oxygen atoms in total. The van der Waals surface area contributed by atoms with Gasteiger partial charge in [-0.3, -0.25) is 4.79 Å². The van der Waals surface area contributed by atoms with Gasteiger partial charge in [0.15, 0.2) is 0 Å². The van der Waals surface area contributed by atoms with E-state index in [2.05, 4.69) is 5.32 Å². The molecule has 0 unspecified atom stereocenters. The van der Waals surface area contributed by atoms with E-state index in [0.717, 1.165) is 0 Å². The molecule has 1 N–H and O–H groups in total. The fraction of sp³-hybridized carbons (Fsp3) is 0.867. The first-order chi connectivity index (χ1) is 11.3. The second-order valence-corrected chi connectivity index (χ2v) is 8.41. The average Bonchev–Trinajstić information content (AvgIpc) is 2.55. The Labute approximate surface area is 143 Å². The number of carbonyl (C=O) groups is 2. The van der Waals surface area contributed by atoms with E-state index in [1.165, 1.54) is 10.6 Å². The van der Waals surface area contributed by atoms with Gasteiger partial charge in [0, 0.05) is 32.2 Å². The normalized spacial score (nSPS) is 23.8. The number of ether oxygens (including phenoxy) is 1. The van der Waals surface area contributed by atoms with Crippen molar-refractivity contribution >= 4 is 22.0 Å². The number of carbonyl (C=O) groups excluding carboxylic acids is 2. The van der Waals surface area contributed by atoms with E-state index in [-0.39, 0.29) is 30.5 Å². The van der Waals surface area contributed by atoms with E-state index in [4.69, 9.17) is 4.74 Å². The van der Waals surface area contributed by atoms with Crippen molar-refractivity contribution in [3.05, 3.63) is 0 Å². The predicted octanol–water partition coefficient (Wildman–Crippen LogP) is 0.395. The Hall–Kier alpha value is -1.35. The van der Waals surface area contributed by atoms with E-state index >= 15 is 0 Å². The molecule has 0 aromatic heterocycles. The third-order valence-electron chi connectivity index (χ3n) is 4.59. The maximum atomic E-state index is 12.4. The van der Waals surface area contributed by atoms with Crippen LogP contribution in [0.5, 0.6) is 0 Å². The van der Waals surface area contributed by atoms with Crippen LogP contribution >= 0.6 is 0 Å². The lowest BCUT2D eigenvalue weighted by molar-refractivity contribution is -0.127. The molecule has 0 spiro atoms. The highest BCUT2D eigenvalue weighted by atomic mass is 32.2. The summed E-state index contributed by atoms with van der Waals surface area (Å²) in [4.78, 5) is 25.7. The molecular formula is C15H27N3O5S. The Bertz CT molecular complexity index is 557. The van der Waals surface area contributed by atoms with Crippen molar-refractivity contribution in [3.8, 4) is 0 Å². The molecule has 0 bridgehead atoms. The Morgan fingerprint density at radius 3 is 2.42 bits per heavy atom. The summed E-state index contributed by atoms with van der Waals surface area (Å²) < 4.78 is 29.6. The van der Waals surface area contributed by atoms with Gasteiger partial charge in [0.2, 0.25) is 15.9 Å². The van der Waals surface area contributed by atoms with Gasteiger partial charge in [-0.1, -0.05) is 0 Å². The van der Waals surface area contributed by atoms with E-state index in [0.29, 0.717) is 51.9 Å². The van der Waals surface area contributed by atoms with Crippen LogP contribution in [0.15, 0.2) is 0 Å². The third-order valence-corrected chi connectivity index (χ3v) is 5.86. The summed E-state index contributed by atoms with van der Waals surface area (Å²) in [6.45, 7) is 3.99. The molecule has 0 aliphatic carbocycles. The summed E-state index contributed by atoms with van der Waals surface area (Å²) in [6, 6.07) is 0.0248. The molecule has 138 valence electrons. The van der Waals surface area contributed by atoms with Crippen LogP contribution < -0.4 is 5.32 Å². The minimum atomic E-state index is -3.25. The maximum Gasteiger partial charge on any atom is 0.409 e. The van der Waals surface area contributed by atoms with Gasteiger partial charge in [0.25, 0.3) is 0 Å². The van der Waals surface area contributed by atoms with Crippen molar-refractivity contribution in [2.75, 3.05) is 39.0 Å². The van der Waals surface area contributed by atoms with E-state index in [1.807, 2.05) is 0 Å². The molecule has 0 radical (unpaired) electrons. The summed E-state index contributed by atoms with van der Waals surface area (Å²) in [5.74, 6) is -0.380. The molecule has 0 aromatic carbocycles. The van der Waals surface area contributed by atoms with Crippen LogP contribution in [0.4, 0.5) is 4.79 Å². The fourth-order valence-corrected chi connectivity index (χ4v) is 4.11. The number of likely N-dealkylation sites (tertiary alicyclic amines) is 1. The molecule has 2 amide bonds. The summed E-state index contributed by atoms with van der Waals surface area (Å²) in [6.07, 6.45) is 3.66. The molecule has 2 aliphatic heterocycles. The molecule has 0 aromatic rings. The number of hydrogen-bond acceptors (Lipinski definition) is 5. The van der Waals surface area contributed by atoms with Crippen molar-refractivity contribution in [1.82, 2.24) is 14.5 Å². The molecule has 2 fully saturated rings. The zero-order valence-electron chi connectivity index (χ0n) is 14.4. The highest BCUT2D eigenvalue weighted by Gasteiger charge is 2.32. The lowest BCUT2D eigenvalue weighted by Crippen LogP contribution is -2.50. The van der Waals surface area contributed by atoms with Crippen LogP contribution in [0.2, 0.25) is 0 Å². The number of rotatable bonds is 4. The topological polar surface area (TPSA) is 96.0 Å². The number of amides is 2. The molecule has 2 aliphatic rings. The minimum absolute atomic E-state index is 0.0248. The Morgan fingerprint density at radius 2 is 1.83 bits per heavy atom. The van der Waals surface area contributed by atoms with Crippen molar-refractivity contribution in [2.24, 2.45) is 5.92 Å². The van der Waals surface area contributed by atoms with Crippen molar-refractivity contribution < 1.29 is 22.7 Å². The quantitative estimate of drug-likeness (QED) is 0.782. The SMILES string of the molecule is CCOC(=O)N1CCC(NC(=O)[C@@H]2CCCN(S(C)(=O)=O)C2)CC1. The van der Waals surface area contributed by atoms with Crippen LogP contribution in [-0.2, 0) is 19.6 Å². The molecule has 0 saturated carbocycles. The summed E-state index contributed by atoms with van der Waals surface area (Å²) in [5, 5.41) is 3.01. The molecule has 2 saturated heterocycles. The fourth-order valence-electron chi connectivity index (χ4n) is 3.20. The van der Waals surface area contributed by atoms with Crippen LogP contribution in [0.3, 0.4) is 0 Å². The standard InChI is InChI=1S/C15H27N3O5S/c1-3-23-15(20)17-9-6-13(7-10-17)16-14(19)12-5-4-8-18(11-12)24(2,21)22/h12-13H,3-11H2,1-2H3,(H,16,19)/t12-/m1/s1. The molecule has 2 heterocycles. The monoisotopic (exact) mass is 361 g/mol. The lowest BCUT2D eigenvalue weighted by Gasteiger charge is -2.34. The molecule has 2 rings (SSSR count). The van der Waals surface area contributed by atoms with Crippen LogP contribution in [-0.4, -0.2) is 74.7 Å². The second kappa shape index (κ2) is 8.15. The maximum absolute atomic E-state index is 12.4. The molecule has 1 atom stereocenters. The first-order valence-corrected chi connectivity index (χ1v) is 10.3. The van der Waals surface area contributed by atoms with Crippen LogP contribution in [0.25, 0.3) is 0 Å². The Kier molecular flexibility index (Phi) is 6.45. The minimum Gasteiger partial charge on any atom is -0.450 e. The smallest absolute Gasteiger partial charge is 0.409 e. The van der Waals surface area contributed by atoms with Crippen molar-refractivity contribution in [1.29, 1.82) is 0 Å². The van der Waals surface area contributed by atoms with Crippen molar-refractivity contribution in [2.45, 2.75) is 38.6 Å². The number of sulfonamides is 1. The van der Waals surface area contributed by atoms with Gasteiger partial charge in [-0.25, -0.2) is 17.5 Å². The first kappa shape index (κ1) is 19.0.